The molecule has 0 radical (unpaired) electrons. The second kappa shape index (κ2) is 8.81. The molecule has 3 aromatic heterocycles. The highest BCUT2D eigenvalue weighted by molar-refractivity contribution is 7.99. The summed E-state index contributed by atoms with van der Waals surface area (Å²) in [7, 11) is 1.87. The van der Waals surface area contributed by atoms with Crippen LogP contribution in [0.15, 0.2) is 46.6 Å². The van der Waals surface area contributed by atoms with E-state index in [4.69, 9.17) is 4.42 Å². The molecule has 0 aromatic carbocycles. The Morgan fingerprint density at radius 1 is 1.30 bits per heavy atom. The fourth-order valence-electron chi connectivity index (χ4n) is 2.56. The van der Waals surface area contributed by atoms with Crippen molar-refractivity contribution in [3.05, 3.63) is 42.5 Å². The molecular formula is C18H22N6O2S. The van der Waals surface area contributed by atoms with Crippen molar-refractivity contribution in [1.29, 1.82) is 0 Å². The lowest BCUT2D eigenvalue weighted by Gasteiger charge is -2.26. The SMILES string of the molecule is CC(C)N(Cc1cnn(C)c1)C(=O)CCSc1nnc(-c2ccncc2)o1. The Hall–Kier alpha value is -2.68. The van der Waals surface area contributed by atoms with Gasteiger partial charge in [0.2, 0.25) is 11.8 Å². The average Bonchev–Trinajstić information content (AvgIpc) is 3.29. The van der Waals surface area contributed by atoms with Crippen LogP contribution in [-0.4, -0.2) is 47.6 Å². The molecule has 1 amide bonds. The predicted molar refractivity (Wildman–Crippen MR) is 102 cm³/mol. The highest BCUT2D eigenvalue weighted by atomic mass is 32.2. The van der Waals surface area contributed by atoms with Crippen LogP contribution in [-0.2, 0) is 18.4 Å². The van der Waals surface area contributed by atoms with Crippen molar-refractivity contribution in [2.24, 2.45) is 7.05 Å². The zero-order chi connectivity index (χ0) is 19.2. The summed E-state index contributed by atoms with van der Waals surface area (Å²) in [5, 5.41) is 12.7. The van der Waals surface area contributed by atoms with E-state index in [9.17, 15) is 4.79 Å². The topological polar surface area (TPSA) is 89.9 Å². The summed E-state index contributed by atoms with van der Waals surface area (Å²) in [5.74, 6) is 1.12. The maximum absolute atomic E-state index is 12.6. The minimum Gasteiger partial charge on any atom is -0.411 e. The van der Waals surface area contributed by atoms with Crippen molar-refractivity contribution >= 4 is 17.7 Å². The second-order valence-electron chi connectivity index (χ2n) is 6.35. The molecule has 0 atom stereocenters. The van der Waals surface area contributed by atoms with Gasteiger partial charge in [0.25, 0.3) is 5.22 Å². The molecule has 0 aliphatic rings. The van der Waals surface area contributed by atoms with E-state index in [-0.39, 0.29) is 11.9 Å². The molecule has 0 unspecified atom stereocenters. The lowest BCUT2D eigenvalue weighted by Crippen LogP contribution is -2.36. The fraction of sp³-hybridized carbons (Fsp3) is 0.389. The monoisotopic (exact) mass is 386 g/mol. The van der Waals surface area contributed by atoms with E-state index in [0.717, 1.165) is 11.1 Å². The first-order chi connectivity index (χ1) is 13.0. The minimum atomic E-state index is 0.0928. The molecular weight excluding hydrogens is 364 g/mol. The first-order valence-electron chi connectivity index (χ1n) is 8.66. The standard InChI is InChI=1S/C18H22N6O2S/c1-13(2)24(12-14-10-20-23(3)11-14)16(25)6-9-27-18-22-21-17(26-18)15-4-7-19-8-5-15/h4-5,7-8,10-11,13H,6,9,12H2,1-3H3. The molecule has 3 aromatic rings. The molecule has 0 saturated heterocycles. The summed E-state index contributed by atoms with van der Waals surface area (Å²) >= 11 is 1.38. The molecule has 3 heterocycles. The minimum absolute atomic E-state index is 0.0928. The van der Waals surface area contributed by atoms with E-state index >= 15 is 0 Å². The fourth-order valence-corrected chi connectivity index (χ4v) is 3.25. The highest BCUT2D eigenvalue weighted by Crippen LogP contribution is 2.23. The molecule has 0 fully saturated rings. The van der Waals surface area contributed by atoms with E-state index in [1.165, 1.54) is 11.8 Å². The third-order valence-corrected chi connectivity index (χ3v) is 4.75. The molecule has 8 nitrogen and oxygen atoms in total. The normalized spacial score (nSPS) is 11.1. The number of aryl methyl sites for hydroxylation is 1. The number of amides is 1. The number of rotatable bonds is 8. The van der Waals surface area contributed by atoms with Gasteiger partial charge in [-0.25, -0.2) is 0 Å². The third kappa shape index (κ3) is 5.16. The molecule has 27 heavy (non-hydrogen) atoms. The number of carbonyl (C=O) groups is 1. The zero-order valence-electron chi connectivity index (χ0n) is 15.6. The van der Waals surface area contributed by atoms with Gasteiger partial charge in [-0.1, -0.05) is 11.8 Å². The van der Waals surface area contributed by atoms with Crippen LogP contribution in [0, 0.1) is 0 Å². The van der Waals surface area contributed by atoms with E-state index in [1.807, 2.05) is 44.1 Å². The first kappa shape index (κ1) is 19.1. The van der Waals surface area contributed by atoms with Crippen molar-refractivity contribution < 1.29 is 9.21 Å². The third-order valence-electron chi connectivity index (χ3n) is 3.93. The zero-order valence-corrected chi connectivity index (χ0v) is 16.4. The summed E-state index contributed by atoms with van der Waals surface area (Å²) in [6.07, 6.45) is 7.46. The maximum atomic E-state index is 12.6. The summed E-state index contributed by atoms with van der Waals surface area (Å²) in [6, 6.07) is 3.74. The number of hydrogen-bond donors (Lipinski definition) is 0. The van der Waals surface area contributed by atoms with Crippen molar-refractivity contribution in [2.45, 2.75) is 38.1 Å². The van der Waals surface area contributed by atoms with Gasteiger partial charge in [0, 0.05) is 61.5 Å². The number of carbonyl (C=O) groups excluding carboxylic acids is 1. The highest BCUT2D eigenvalue weighted by Gasteiger charge is 2.18. The summed E-state index contributed by atoms with van der Waals surface area (Å²) in [6.45, 7) is 4.59. The number of thioether (sulfide) groups is 1. The summed E-state index contributed by atoms with van der Waals surface area (Å²) < 4.78 is 7.38. The van der Waals surface area contributed by atoms with Gasteiger partial charge in [-0.2, -0.15) is 5.10 Å². The predicted octanol–water partition coefficient (Wildman–Crippen LogP) is 2.78. The number of pyridine rings is 1. The molecule has 0 N–H and O–H groups in total. The van der Waals surface area contributed by atoms with Crippen LogP contribution in [0.25, 0.3) is 11.5 Å². The second-order valence-corrected chi connectivity index (χ2v) is 7.39. The maximum Gasteiger partial charge on any atom is 0.276 e. The molecule has 0 spiro atoms. The summed E-state index contributed by atoms with van der Waals surface area (Å²) in [5.41, 5.74) is 1.84. The van der Waals surface area contributed by atoms with E-state index in [0.29, 0.717) is 29.8 Å². The van der Waals surface area contributed by atoms with Crippen LogP contribution < -0.4 is 0 Å². The van der Waals surface area contributed by atoms with Gasteiger partial charge in [0.05, 0.1) is 6.20 Å². The van der Waals surface area contributed by atoms with E-state index in [1.54, 1.807) is 23.3 Å². The molecule has 0 aliphatic heterocycles. The van der Waals surface area contributed by atoms with E-state index < -0.39 is 0 Å². The van der Waals surface area contributed by atoms with Crippen LogP contribution in [0.2, 0.25) is 0 Å². The van der Waals surface area contributed by atoms with Gasteiger partial charge < -0.3 is 9.32 Å². The molecule has 0 saturated carbocycles. The largest absolute Gasteiger partial charge is 0.411 e. The number of aromatic nitrogens is 5. The molecule has 3 rings (SSSR count). The lowest BCUT2D eigenvalue weighted by atomic mass is 10.2. The van der Waals surface area contributed by atoms with Crippen molar-refractivity contribution in [3.8, 4) is 11.5 Å². The van der Waals surface area contributed by atoms with Crippen LogP contribution in [0.4, 0.5) is 0 Å². The lowest BCUT2D eigenvalue weighted by molar-refractivity contribution is -0.133. The molecule has 9 heteroatoms. The Kier molecular flexibility index (Phi) is 6.23. The Morgan fingerprint density at radius 3 is 2.74 bits per heavy atom. The van der Waals surface area contributed by atoms with Crippen LogP contribution in [0.1, 0.15) is 25.8 Å². The van der Waals surface area contributed by atoms with Gasteiger partial charge in [-0.05, 0) is 26.0 Å². The van der Waals surface area contributed by atoms with E-state index in [2.05, 4.69) is 20.3 Å². The Morgan fingerprint density at radius 2 is 2.07 bits per heavy atom. The number of hydrogen-bond acceptors (Lipinski definition) is 7. The van der Waals surface area contributed by atoms with Crippen LogP contribution >= 0.6 is 11.8 Å². The summed E-state index contributed by atoms with van der Waals surface area (Å²) in [4.78, 5) is 18.4. The van der Waals surface area contributed by atoms with Crippen molar-refractivity contribution in [2.75, 3.05) is 5.75 Å². The van der Waals surface area contributed by atoms with Gasteiger partial charge in [-0.3, -0.25) is 14.5 Å². The smallest absolute Gasteiger partial charge is 0.276 e. The number of nitrogens with zero attached hydrogens (tertiary/aromatic N) is 6. The van der Waals surface area contributed by atoms with Crippen LogP contribution in [0.5, 0.6) is 0 Å². The Labute approximate surface area is 162 Å². The van der Waals surface area contributed by atoms with Crippen LogP contribution in [0.3, 0.4) is 0 Å². The first-order valence-corrected chi connectivity index (χ1v) is 9.65. The average molecular weight is 386 g/mol. The molecule has 0 bridgehead atoms. The van der Waals surface area contributed by atoms with Gasteiger partial charge in [0.15, 0.2) is 0 Å². The van der Waals surface area contributed by atoms with Gasteiger partial charge in [0.1, 0.15) is 0 Å². The Bertz CT molecular complexity index is 877. The Balaban J connectivity index is 1.52. The van der Waals surface area contributed by atoms with Crippen molar-refractivity contribution in [1.82, 2.24) is 29.9 Å². The quantitative estimate of drug-likeness (QED) is 0.550. The van der Waals surface area contributed by atoms with Gasteiger partial charge in [-0.15, -0.1) is 10.2 Å². The molecule has 142 valence electrons. The van der Waals surface area contributed by atoms with Crippen molar-refractivity contribution in [3.63, 3.8) is 0 Å². The molecule has 0 aliphatic carbocycles. The van der Waals surface area contributed by atoms with Gasteiger partial charge >= 0.3 is 0 Å².